The summed E-state index contributed by atoms with van der Waals surface area (Å²) in [5.74, 6) is 0. The van der Waals surface area contributed by atoms with E-state index in [2.05, 4.69) is 37.2 Å². The first-order chi connectivity index (χ1) is 12.0. The molecule has 9 nitrogen and oxygen atoms in total. The van der Waals surface area contributed by atoms with Gasteiger partial charge in [-0.1, -0.05) is 34.9 Å². The van der Waals surface area contributed by atoms with E-state index >= 15 is 0 Å². The second-order valence-electron chi connectivity index (χ2n) is 6.04. The normalized spacial score (nSPS) is 17.5. The molecule has 0 aromatic rings. The Morgan fingerprint density at radius 2 is 1.50 bits per heavy atom. The lowest BCUT2D eigenvalue weighted by Gasteiger charge is -2.25. The Morgan fingerprint density at radius 3 is 2.00 bits per heavy atom. The van der Waals surface area contributed by atoms with E-state index in [-0.39, 0.29) is 6.61 Å². The molecule has 0 radical (unpaired) electrons. The lowest BCUT2D eigenvalue weighted by Crippen LogP contribution is -2.11. The van der Waals surface area contributed by atoms with E-state index in [1.54, 1.807) is 6.08 Å². The Labute approximate surface area is 154 Å². The largest absolute Gasteiger partial charge is 0.779 e. The van der Waals surface area contributed by atoms with Crippen LogP contribution in [0.1, 0.15) is 53.4 Å². The predicted octanol–water partition coefficient (Wildman–Crippen LogP) is 4.82. The van der Waals surface area contributed by atoms with Gasteiger partial charge in [-0.25, -0.2) is 13.4 Å². The van der Waals surface area contributed by atoms with Crippen LogP contribution >= 0.6 is 15.5 Å². The Balaban J connectivity index is 4.37. The summed E-state index contributed by atoms with van der Waals surface area (Å²) in [4.78, 5) is 8.91. The maximum Gasteiger partial charge on any atom is 0.402 e. The summed E-state index contributed by atoms with van der Waals surface area (Å²) in [7, 11) is -9.51. The van der Waals surface area contributed by atoms with Crippen molar-refractivity contribution in [1.82, 2.24) is 10.5 Å². The summed E-state index contributed by atoms with van der Waals surface area (Å²) in [6.07, 6.45) is 9.49. The van der Waals surface area contributed by atoms with E-state index in [0.717, 1.165) is 36.5 Å². The minimum Gasteiger partial charge on any atom is -0.779 e. The molecule has 0 saturated carbocycles. The van der Waals surface area contributed by atoms with E-state index in [4.69, 9.17) is 9.42 Å². The summed E-state index contributed by atoms with van der Waals surface area (Å²) >= 11 is 0. The molecule has 0 aliphatic heterocycles. The summed E-state index contributed by atoms with van der Waals surface area (Å²) in [6.45, 7) is 7.77. The van der Waals surface area contributed by atoms with Crippen molar-refractivity contribution >= 4 is 15.5 Å². The summed E-state index contributed by atoms with van der Waals surface area (Å²) < 4.78 is 31.5. The maximum atomic E-state index is 11.8. The third-order valence-corrected chi connectivity index (χ3v) is 5.93. The lowest BCUT2D eigenvalue weighted by molar-refractivity contribution is 0.268. The highest BCUT2D eigenvalue weighted by Gasteiger charge is 2.30. The van der Waals surface area contributed by atoms with Gasteiger partial charge in [0.25, 0.3) is 0 Å². The van der Waals surface area contributed by atoms with Crippen LogP contribution in [0.2, 0.25) is 0 Å². The molecule has 0 rings (SSSR count). The number of hydrogen-bond donors (Lipinski definition) is 3. The second-order valence-corrected chi connectivity index (χ2v) is 9.35. The molecule has 0 spiro atoms. The number of allylic oxidation sites excluding steroid dienone is 5. The number of rotatable bonds is 13. The van der Waals surface area contributed by atoms with Gasteiger partial charge >= 0.3 is 15.5 Å². The van der Waals surface area contributed by atoms with Crippen molar-refractivity contribution in [3.8, 4) is 0 Å². The smallest absolute Gasteiger partial charge is 0.402 e. The molecule has 0 aliphatic rings. The van der Waals surface area contributed by atoms with Crippen molar-refractivity contribution in [2.24, 2.45) is 0 Å². The van der Waals surface area contributed by atoms with Crippen LogP contribution in [0.25, 0.3) is 0 Å². The Hall–Kier alpha value is -0.600. The summed E-state index contributed by atoms with van der Waals surface area (Å²) in [6, 6.07) is 0. The van der Waals surface area contributed by atoms with Crippen LogP contribution in [0.3, 0.4) is 0 Å². The molecule has 0 bridgehead atoms. The monoisotopic (exact) mass is 410 g/mol. The molecular formula is C15H28N2O7P2-2. The van der Waals surface area contributed by atoms with Crippen LogP contribution in [0.5, 0.6) is 0 Å². The molecule has 0 saturated heterocycles. The molecule has 3 N–H and O–H groups in total. The van der Waals surface area contributed by atoms with Crippen molar-refractivity contribution in [3.05, 3.63) is 45.4 Å². The molecule has 152 valence electrons. The second kappa shape index (κ2) is 12.7. The van der Waals surface area contributed by atoms with Crippen molar-refractivity contribution in [2.75, 3.05) is 6.61 Å². The molecule has 2 unspecified atom stereocenters. The summed E-state index contributed by atoms with van der Waals surface area (Å²) in [5, 5.41) is 22.4. The molecule has 0 heterocycles. The molecule has 11 heteroatoms. The van der Waals surface area contributed by atoms with Crippen molar-refractivity contribution in [1.29, 1.82) is 0 Å². The molecule has 0 aromatic heterocycles. The first-order valence-corrected chi connectivity index (χ1v) is 11.2. The van der Waals surface area contributed by atoms with Crippen LogP contribution in [0, 0.1) is 10.4 Å². The highest BCUT2D eigenvalue weighted by atomic mass is 31.3. The highest BCUT2D eigenvalue weighted by molar-refractivity contribution is 7.64. The van der Waals surface area contributed by atoms with Gasteiger partial charge in [0, 0.05) is 0 Å². The fraction of sp³-hybridized carbons (Fsp3) is 0.600. The van der Waals surface area contributed by atoms with Crippen LogP contribution in [0.4, 0.5) is 0 Å². The molecule has 0 fully saturated rings. The first kappa shape index (κ1) is 25.4. The zero-order valence-corrected chi connectivity index (χ0v) is 17.3. The van der Waals surface area contributed by atoms with Crippen molar-refractivity contribution < 1.29 is 22.9 Å². The fourth-order valence-corrected chi connectivity index (χ4v) is 3.79. The van der Waals surface area contributed by atoms with Gasteiger partial charge < -0.3 is 25.8 Å². The Morgan fingerprint density at radius 1 is 0.962 bits per heavy atom. The molecule has 0 amide bonds. The van der Waals surface area contributed by atoms with E-state index in [0.29, 0.717) is 5.25 Å². The third-order valence-electron chi connectivity index (χ3n) is 3.24. The highest BCUT2D eigenvalue weighted by Crippen LogP contribution is 2.57. The zero-order valence-electron chi connectivity index (χ0n) is 15.6. The average Bonchev–Trinajstić information content (AvgIpc) is 2.54. The minimum absolute atomic E-state index is 0.277. The van der Waals surface area contributed by atoms with Crippen molar-refractivity contribution in [3.63, 3.8) is 0 Å². The SMILES string of the molecule is CC(C)=CCC/C(C)=C/CC/C(C)=C/COP(=O)(N[O-])OP(=O)(O)N[O-]. The molecule has 26 heavy (non-hydrogen) atoms. The Kier molecular flexibility index (Phi) is 12.4. The fourth-order valence-electron chi connectivity index (χ4n) is 1.85. The van der Waals surface area contributed by atoms with E-state index in [1.807, 2.05) is 6.92 Å². The number of hydrogen-bond acceptors (Lipinski definition) is 6. The first-order valence-electron chi connectivity index (χ1n) is 8.05. The average molecular weight is 410 g/mol. The molecular weight excluding hydrogens is 382 g/mol. The van der Waals surface area contributed by atoms with Gasteiger partial charge in [-0.05, 0) is 53.4 Å². The van der Waals surface area contributed by atoms with Gasteiger partial charge in [-0.3, -0.25) is 4.52 Å². The van der Waals surface area contributed by atoms with E-state index in [9.17, 15) is 19.5 Å². The van der Waals surface area contributed by atoms with Crippen LogP contribution < -0.4 is 10.5 Å². The van der Waals surface area contributed by atoms with Gasteiger partial charge in [0.2, 0.25) is 0 Å². The van der Waals surface area contributed by atoms with Gasteiger partial charge in [0.1, 0.15) is 0 Å². The lowest BCUT2D eigenvalue weighted by atomic mass is 10.1. The molecule has 2 atom stereocenters. The van der Waals surface area contributed by atoms with Gasteiger partial charge in [0.05, 0.1) is 6.61 Å². The quantitative estimate of drug-likeness (QED) is 0.221. The van der Waals surface area contributed by atoms with E-state index in [1.165, 1.54) is 11.1 Å². The molecule has 0 aliphatic carbocycles. The van der Waals surface area contributed by atoms with Gasteiger partial charge in [-0.15, -0.1) is 0 Å². The number of nitrogens with one attached hydrogen (secondary N) is 2. The topological polar surface area (TPSA) is 143 Å². The van der Waals surface area contributed by atoms with Crippen molar-refractivity contribution in [2.45, 2.75) is 53.4 Å². The Bertz CT molecular complexity index is 613. The standard InChI is InChI=1S/C15H28N2O7P2/c1-13(2)7-5-8-14(3)9-6-10-15(4)11-12-23-26(22,17-19)24-25(20,21)16-18/h7,9,11H,5-6,8,10,12H2,1-4H3,(H3-2,16,17,18,19,20,21,22)/q-2/b14-9+,15-11+. The van der Waals surface area contributed by atoms with Crippen LogP contribution in [-0.2, 0) is 18.0 Å². The predicted molar refractivity (Wildman–Crippen MR) is 103 cm³/mol. The third kappa shape index (κ3) is 12.7. The zero-order chi connectivity index (χ0) is 20.2. The van der Waals surface area contributed by atoms with Crippen LogP contribution in [-0.4, -0.2) is 11.5 Å². The maximum absolute atomic E-state index is 11.8. The van der Waals surface area contributed by atoms with Gasteiger partial charge in [0.15, 0.2) is 0 Å². The van der Waals surface area contributed by atoms with Gasteiger partial charge in [-0.2, -0.15) is 0 Å². The molecule has 0 aromatic carbocycles. The minimum atomic E-state index is -4.91. The van der Waals surface area contributed by atoms with E-state index < -0.39 is 15.5 Å². The van der Waals surface area contributed by atoms with Crippen LogP contribution in [0.15, 0.2) is 34.9 Å². The summed E-state index contributed by atoms with van der Waals surface area (Å²) in [5.41, 5.74) is 3.52.